The van der Waals surface area contributed by atoms with E-state index in [1.807, 2.05) is 0 Å². The lowest BCUT2D eigenvalue weighted by Gasteiger charge is -2.16. The Balaban J connectivity index is 2.54. The SMILES string of the molecule is CN(C)c1ccc(C(=O)O)c(-c2ccc(C(F)(F)F)cc2)c1. The molecule has 0 aliphatic rings. The summed E-state index contributed by atoms with van der Waals surface area (Å²) in [5, 5.41) is 9.25. The van der Waals surface area contributed by atoms with E-state index in [4.69, 9.17) is 0 Å². The molecule has 0 aliphatic carbocycles. The van der Waals surface area contributed by atoms with Gasteiger partial charge in [0.15, 0.2) is 0 Å². The zero-order valence-corrected chi connectivity index (χ0v) is 12.0. The first-order valence-corrected chi connectivity index (χ1v) is 6.42. The molecule has 2 aromatic carbocycles. The van der Waals surface area contributed by atoms with Crippen LogP contribution in [0.5, 0.6) is 0 Å². The molecule has 1 N–H and O–H groups in total. The maximum Gasteiger partial charge on any atom is 0.416 e. The van der Waals surface area contributed by atoms with Gasteiger partial charge < -0.3 is 10.0 Å². The van der Waals surface area contributed by atoms with Gasteiger partial charge in [-0.2, -0.15) is 13.2 Å². The Bertz CT molecular complexity index is 692. The van der Waals surface area contributed by atoms with Crippen molar-refractivity contribution in [3.63, 3.8) is 0 Å². The first kappa shape index (κ1) is 15.9. The number of anilines is 1. The lowest BCUT2D eigenvalue weighted by molar-refractivity contribution is -0.137. The second kappa shape index (κ2) is 5.71. The second-order valence-corrected chi connectivity index (χ2v) is 5.00. The van der Waals surface area contributed by atoms with Gasteiger partial charge in [0.1, 0.15) is 0 Å². The second-order valence-electron chi connectivity index (χ2n) is 5.00. The van der Waals surface area contributed by atoms with Crippen LogP contribution in [0.1, 0.15) is 15.9 Å². The number of nitrogens with zero attached hydrogens (tertiary/aromatic N) is 1. The van der Waals surface area contributed by atoms with E-state index in [1.165, 1.54) is 18.2 Å². The molecule has 2 rings (SSSR count). The lowest BCUT2D eigenvalue weighted by atomic mass is 9.97. The number of carboxylic acids is 1. The van der Waals surface area contributed by atoms with E-state index in [0.717, 1.165) is 17.8 Å². The Labute approximate surface area is 125 Å². The van der Waals surface area contributed by atoms with Crippen molar-refractivity contribution in [3.05, 3.63) is 53.6 Å². The van der Waals surface area contributed by atoms with Crippen molar-refractivity contribution in [2.45, 2.75) is 6.18 Å². The molecule has 0 aromatic heterocycles. The van der Waals surface area contributed by atoms with Crippen LogP contribution in [0.4, 0.5) is 18.9 Å². The van der Waals surface area contributed by atoms with Gasteiger partial charge in [-0.25, -0.2) is 4.79 Å². The highest BCUT2D eigenvalue weighted by Crippen LogP contribution is 2.33. The zero-order valence-electron chi connectivity index (χ0n) is 12.0. The average molecular weight is 309 g/mol. The summed E-state index contributed by atoms with van der Waals surface area (Å²) in [7, 11) is 3.60. The Morgan fingerprint density at radius 2 is 1.64 bits per heavy atom. The zero-order chi connectivity index (χ0) is 16.5. The van der Waals surface area contributed by atoms with Crippen molar-refractivity contribution in [1.29, 1.82) is 0 Å². The number of aromatic carboxylic acids is 1. The molecule has 0 saturated carbocycles. The maximum atomic E-state index is 12.6. The maximum absolute atomic E-state index is 12.6. The number of alkyl halides is 3. The standard InChI is InChI=1S/C16H14F3NO2/c1-20(2)12-7-8-13(15(21)22)14(9-12)10-3-5-11(6-4-10)16(17,18)19/h3-9H,1-2H3,(H,21,22). The summed E-state index contributed by atoms with van der Waals surface area (Å²) in [4.78, 5) is 13.1. The summed E-state index contributed by atoms with van der Waals surface area (Å²) in [6.45, 7) is 0. The number of carbonyl (C=O) groups is 1. The number of hydrogen-bond donors (Lipinski definition) is 1. The van der Waals surface area contributed by atoms with Gasteiger partial charge >= 0.3 is 12.1 Å². The molecule has 0 aliphatic heterocycles. The Kier molecular flexibility index (Phi) is 4.12. The van der Waals surface area contributed by atoms with E-state index in [1.54, 1.807) is 31.1 Å². The van der Waals surface area contributed by atoms with Gasteiger partial charge in [-0.05, 0) is 41.5 Å². The fourth-order valence-electron chi connectivity index (χ4n) is 2.07. The van der Waals surface area contributed by atoms with Crippen molar-refractivity contribution in [2.24, 2.45) is 0 Å². The van der Waals surface area contributed by atoms with Gasteiger partial charge in [0.2, 0.25) is 0 Å². The quantitative estimate of drug-likeness (QED) is 0.926. The molecule has 116 valence electrons. The van der Waals surface area contributed by atoms with Crippen LogP contribution in [0.25, 0.3) is 11.1 Å². The summed E-state index contributed by atoms with van der Waals surface area (Å²) in [6, 6.07) is 9.20. The summed E-state index contributed by atoms with van der Waals surface area (Å²) < 4.78 is 37.8. The van der Waals surface area contributed by atoms with Gasteiger partial charge in [0.25, 0.3) is 0 Å². The van der Waals surface area contributed by atoms with E-state index in [-0.39, 0.29) is 5.56 Å². The summed E-state index contributed by atoms with van der Waals surface area (Å²) in [6.07, 6.45) is -4.42. The molecule has 0 spiro atoms. The summed E-state index contributed by atoms with van der Waals surface area (Å²) in [5.41, 5.74) is 0.851. The largest absolute Gasteiger partial charge is 0.478 e. The van der Waals surface area contributed by atoms with Gasteiger partial charge in [-0.1, -0.05) is 12.1 Å². The number of rotatable bonds is 3. The third-order valence-electron chi connectivity index (χ3n) is 3.27. The minimum atomic E-state index is -4.42. The number of carboxylic acid groups (broad SMARTS) is 1. The predicted octanol–water partition coefficient (Wildman–Crippen LogP) is 4.14. The summed E-state index contributed by atoms with van der Waals surface area (Å²) in [5.74, 6) is -1.12. The van der Waals surface area contributed by atoms with Crippen LogP contribution in [-0.4, -0.2) is 25.2 Å². The minimum absolute atomic E-state index is 0.0466. The van der Waals surface area contributed by atoms with Crippen LogP contribution >= 0.6 is 0 Å². The van der Waals surface area contributed by atoms with E-state index in [2.05, 4.69) is 0 Å². The average Bonchev–Trinajstić information content (AvgIpc) is 2.45. The molecule has 0 radical (unpaired) electrons. The molecule has 0 heterocycles. The van der Waals surface area contributed by atoms with Crippen LogP contribution in [0.3, 0.4) is 0 Å². The Hall–Kier alpha value is -2.50. The van der Waals surface area contributed by atoms with Crippen molar-refractivity contribution in [3.8, 4) is 11.1 Å². The monoisotopic (exact) mass is 309 g/mol. The van der Waals surface area contributed by atoms with Crippen LogP contribution in [0, 0.1) is 0 Å². The van der Waals surface area contributed by atoms with E-state index in [9.17, 15) is 23.1 Å². The smallest absolute Gasteiger partial charge is 0.416 e. The molecule has 0 bridgehead atoms. The molecule has 2 aromatic rings. The summed E-state index contributed by atoms with van der Waals surface area (Å²) >= 11 is 0. The Morgan fingerprint density at radius 1 is 1.05 bits per heavy atom. The molecule has 0 atom stereocenters. The Morgan fingerprint density at radius 3 is 2.09 bits per heavy atom. The minimum Gasteiger partial charge on any atom is -0.478 e. The number of benzene rings is 2. The van der Waals surface area contributed by atoms with Crippen molar-refractivity contribution >= 4 is 11.7 Å². The third kappa shape index (κ3) is 3.21. The molecule has 0 saturated heterocycles. The lowest BCUT2D eigenvalue weighted by Crippen LogP contribution is -2.10. The van der Waals surface area contributed by atoms with Crippen LogP contribution < -0.4 is 4.90 Å². The molecule has 0 fully saturated rings. The number of halogens is 3. The van der Waals surface area contributed by atoms with Crippen molar-refractivity contribution in [2.75, 3.05) is 19.0 Å². The molecule has 0 amide bonds. The van der Waals surface area contributed by atoms with Gasteiger partial charge in [-0.15, -0.1) is 0 Å². The van der Waals surface area contributed by atoms with E-state index < -0.39 is 17.7 Å². The van der Waals surface area contributed by atoms with Crippen LogP contribution in [0.15, 0.2) is 42.5 Å². The first-order valence-electron chi connectivity index (χ1n) is 6.42. The van der Waals surface area contributed by atoms with E-state index in [0.29, 0.717) is 11.1 Å². The van der Waals surface area contributed by atoms with Crippen LogP contribution in [-0.2, 0) is 6.18 Å². The van der Waals surface area contributed by atoms with E-state index >= 15 is 0 Å². The highest BCUT2D eigenvalue weighted by atomic mass is 19.4. The number of hydrogen-bond acceptors (Lipinski definition) is 2. The molecular weight excluding hydrogens is 295 g/mol. The van der Waals surface area contributed by atoms with Gasteiger partial charge in [0.05, 0.1) is 11.1 Å². The topological polar surface area (TPSA) is 40.5 Å². The van der Waals surface area contributed by atoms with Crippen molar-refractivity contribution in [1.82, 2.24) is 0 Å². The molecule has 3 nitrogen and oxygen atoms in total. The normalized spacial score (nSPS) is 11.3. The third-order valence-corrected chi connectivity index (χ3v) is 3.27. The molecule has 6 heteroatoms. The van der Waals surface area contributed by atoms with Crippen LogP contribution in [0.2, 0.25) is 0 Å². The highest BCUT2D eigenvalue weighted by Gasteiger charge is 2.30. The van der Waals surface area contributed by atoms with Crippen molar-refractivity contribution < 1.29 is 23.1 Å². The van der Waals surface area contributed by atoms with Gasteiger partial charge in [-0.3, -0.25) is 0 Å². The molecule has 0 unspecified atom stereocenters. The predicted molar refractivity (Wildman–Crippen MR) is 78.2 cm³/mol. The fourth-order valence-corrected chi connectivity index (χ4v) is 2.07. The van der Waals surface area contributed by atoms with Gasteiger partial charge in [0, 0.05) is 19.8 Å². The molecule has 22 heavy (non-hydrogen) atoms. The first-order chi connectivity index (χ1) is 10.2. The fraction of sp³-hybridized carbons (Fsp3) is 0.188. The molecular formula is C16H14F3NO2. The highest BCUT2D eigenvalue weighted by molar-refractivity contribution is 5.97.